The quantitative estimate of drug-likeness (QED) is 0.765. The molecule has 1 amide bonds. The highest BCUT2D eigenvalue weighted by Gasteiger charge is 2.18. The highest BCUT2D eigenvalue weighted by atomic mass is 16.5. The number of fused-ring (bicyclic) bond motifs is 3. The van der Waals surface area contributed by atoms with Crippen molar-refractivity contribution in [3.8, 4) is 5.75 Å². The number of nitrogens with one attached hydrogen (secondary N) is 2. The normalized spacial score (nSPS) is 18.8. The molecule has 0 unspecified atom stereocenters. The monoisotopic (exact) mass is 435 g/mol. The van der Waals surface area contributed by atoms with Crippen LogP contribution in [0.15, 0.2) is 42.5 Å². The summed E-state index contributed by atoms with van der Waals surface area (Å²) in [6.07, 6.45) is 6.43. The molecule has 0 spiro atoms. The summed E-state index contributed by atoms with van der Waals surface area (Å²) in [5.41, 5.74) is 4.35. The molecule has 0 saturated carbocycles. The first-order valence-corrected chi connectivity index (χ1v) is 12.2. The Labute approximate surface area is 192 Å². The maximum Gasteiger partial charge on any atom is 0.251 e. The maximum absolute atomic E-state index is 12.9. The van der Waals surface area contributed by atoms with Gasteiger partial charge in [0.1, 0.15) is 5.75 Å². The average Bonchev–Trinajstić information content (AvgIpc) is 2.81. The van der Waals surface area contributed by atoms with Gasteiger partial charge in [0.15, 0.2) is 0 Å². The van der Waals surface area contributed by atoms with E-state index in [1.54, 1.807) is 0 Å². The lowest BCUT2D eigenvalue weighted by Gasteiger charge is -2.28. The lowest BCUT2D eigenvalue weighted by atomic mass is 9.97. The van der Waals surface area contributed by atoms with E-state index in [1.165, 1.54) is 11.1 Å². The number of amides is 1. The van der Waals surface area contributed by atoms with Crippen molar-refractivity contribution in [2.75, 3.05) is 39.8 Å². The van der Waals surface area contributed by atoms with E-state index in [2.05, 4.69) is 46.8 Å². The van der Waals surface area contributed by atoms with Crippen LogP contribution >= 0.6 is 0 Å². The minimum atomic E-state index is 0.0177. The van der Waals surface area contributed by atoms with E-state index in [0.717, 1.165) is 88.1 Å². The summed E-state index contributed by atoms with van der Waals surface area (Å²) in [7, 11) is 2.16. The number of nitrogens with zero attached hydrogens (tertiary/aromatic N) is 1. The molecule has 2 heterocycles. The molecule has 1 saturated heterocycles. The number of rotatable bonds is 3. The highest BCUT2D eigenvalue weighted by molar-refractivity contribution is 5.94. The lowest BCUT2D eigenvalue weighted by molar-refractivity contribution is 0.0939. The van der Waals surface area contributed by atoms with Gasteiger partial charge in [0.2, 0.25) is 0 Å². The smallest absolute Gasteiger partial charge is 0.251 e. The Kier molecular flexibility index (Phi) is 8.18. The van der Waals surface area contributed by atoms with Crippen LogP contribution in [0.25, 0.3) is 0 Å². The molecule has 5 heteroatoms. The molecule has 2 aromatic carbocycles. The van der Waals surface area contributed by atoms with Crippen molar-refractivity contribution >= 4 is 5.91 Å². The Morgan fingerprint density at radius 3 is 2.81 bits per heavy atom. The number of hydrogen-bond donors (Lipinski definition) is 2. The Balaban J connectivity index is 1.48. The lowest BCUT2D eigenvalue weighted by Crippen LogP contribution is -2.36. The van der Waals surface area contributed by atoms with Crippen LogP contribution in [0.5, 0.6) is 5.75 Å². The van der Waals surface area contributed by atoms with E-state index >= 15 is 0 Å². The second-order valence-corrected chi connectivity index (χ2v) is 9.36. The Morgan fingerprint density at radius 1 is 1.09 bits per heavy atom. The van der Waals surface area contributed by atoms with Gasteiger partial charge in [-0.15, -0.1) is 0 Å². The SMILES string of the molecule is CN1CCC(CNC(=O)c2ccc3c(c2)Cc2cccc(c2)CNCCCCCO3)CC1. The third-order valence-electron chi connectivity index (χ3n) is 6.68. The van der Waals surface area contributed by atoms with Crippen molar-refractivity contribution in [1.29, 1.82) is 0 Å². The molecular formula is C27H37N3O2. The summed E-state index contributed by atoms with van der Waals surface area (Å²) in [5.74, 6) is 1.49. The van der Waals surface area contributed by atoms with Crippen molar-refractivity contribution in [1.82, 2.24) is 15.5 Å². The van der Waals surface area contributed by atoms with Crippen LogP contribution in [-0.2, 0) is 13.0 Å². The summed E-state index contributed by atoms with van der Waals surface area (Å²) in [6, 6.07) is 14.6. The van der Waals surface area contributed by atoms with Crippen molar-refractivity contribution in [3.63, 3.8) is 0 Å². The van der Waals surface area contributed by atoms with Crippen LogP contribution < -0.4 is 15.4 Å². The fourth-order valence-corrected chi connectivity index (χ4v) is 4.62. The molecule has 2 bridgehead atoms. The van der Waals surface area contributed by atoms with Gasteiger partial charge in [0.25, 0.3) is 5.91 Å². The highest BCUT2D eigenvalue weighted by Crippen LogP contribution is 2.25. The van der Waals surface area contributed by atoms with Gasteiger partial charge >= 0.3 is 0 Å². The number of likely N-dealkylation sites (tertiary alicyclic amines) is 1. The fourth-order valence-electron chi connectivity index (χ4n) is 4.62. The predicted octanol–water partition coefficient (Wildman–Crippen LogP) is 4.00. The van der Waals surface area contributed by atoms with E-state index < -0.39 is 0 Å². The van der Waals surface area contributed by atoms with Gasteiger partial charge in [0, 0.05) is 25.1 Å². The van der Waals surface area contributed by atoms with Crippen LogP contribution in [-0.4, -0.2) is 50.6 Å². The van der Waals surface area contributed by atoms with Gasteiger partial charge in [0.05, 0.1) is 6.61 Å². The fraction of sp³-hybridized carbons (Fsp3) is 0.519. The molecule has 2 aliphatic rings. The Hall–Kier alpha value is -2.37. The second kappa shape index (κ2) is 11.5. The zero-order valence-corrected chi connectivity index (χ0v) is 19.4. The molecule has 0 aromatic heterocycles. The number of carbonyl (C=O) groups excluding carboxylic acids is 1. The van der Waals surface area contributed by atoms with Crippen LogP contribution in [0.4, 0.5) is 0 Å². The topological polar surface area (TPSA) is 53.6 Å². The molecule has 0 atom stereocenters. The van der Waals surface area contributed by atoms with Gasteiger partial charge in [-0.05, 0) is 99.6 Å². The summed E-state index contributed by atoms with van der Waals surface area (Å²) in [5, 5.41) is 6.71. The van der Waals surface area contributed by atoms with Crippen LogP contribution in [0.1, 0.15) is 59.2 Å². The molecule has 4 rings (SSSR count). The first-order valence-electron chi connectivity index (χ1n) is 12.2. The molecular weight excluding hydrogens is 398 g/mol. The van der Waals surface area contributed by atoms with Crippen LogP contribution in [0, 0.1) is 5.92 Å². The molecule has 2 aromatic rings. The van der Waals surface area contributed by atoms with Gasteiger partial charge in [-0.25, -0.2) is 0 Å². The first kappa shape index (κ1) is 22.8. The van der Waals surface area contributed by atoms with Crippen LogP contribution in [0.3, 0.4) is 0 Å². The first-order chi connectivity index (χ1) is 15.7. The minimum Gasteiger partial charge on any atom is -0.493 e. The predicted molar refractivity (Wildman–Crippen MR) is 129 cm³/mol. The van der Waals surface area contributed by atoms with Gasteiger partial charge < -0.3 is 20.3 Å². The van der Waals surface area contributed by atoms with Gasteiger partial charge in [-0.2, -0.15) is 0 Å². The third-order valence-corrected chi connectivity index (χ3v) is 6.68. The molecule has 0 aliphatic carbocycles. The molecule has 32 heavy (non-hydrogen) atoms. The molecule has 172 valence electrons. The Bertz CT molecular complexity index is 890. The Morgan fingerprint density at radius 2 is 1.94 bits per heavy atom. The standard InChI is InChI=1S/C27H37N3O2/c1-30-13-10-21(11-14-30)20-29-27(31)24-8-9-26-25(18-24)17-22-6-5-7-23(16-22)19-28-12-3-2-4-15-32-26/h5-9,16,18,21,28H,2-4,10-15,17,19-20H2,1H3,(H,29,31). The summed E-state index contributed by atoms with van der Waals surface area (Å²) in [6.45, 7) is 5.65. The van der Waals surface area contributed by atoms with E-state index in [1.807, 2.05) is 18.2 Å². The maximum atomic E-state index is 12.9. The van der Waals surface area contributed by atoms with Crippen molar-refractivity contribution in [2.24, 2.45) is 5.92 Å². The number of piperidine rings is 1. The number of carbonyl (C=O) groups is 1. The molecule has 0 radical (unpaired) electrons. The zero-order chi connectivity index (χ0) is 22.2. The van der Waals surface area contributed by atoms with E-state index in [-0.39, 0.29) is 5.91 Å². The summed E-state index contributed by atoms with van der Waals surface area (Å²) in [4.78, 5) is 15.3. The van der Waals surface area contributed by atoms with E-state index in [9.17, 15) is 4.79 Å². The van der Waals surface area contributed by atoms with E-state index in [4.69, 9.17) is 4.74 Å². The third kappa shape index (κ3) is 6.57. The zero-order valence-electron chi connectivity index (χ0n) is 19.4. The van der Waals surface area contributed by atoms with E-state index in [0.29, 0.717) is 12.5 Å². The summed E-state index contributed by atoms with van der Waals surface area (Å²) >= 11 is 0. The van der Waals surface area contributed by atoms with Crippen molar-refractivity contribution in [2.45, 2.75) is 45.1 Å². The molecule has 1 fully saturated rings. The largest absolute Gasteiger partial charge is 0.493 e. The molecule has 5 nitrogen and oxygen atoms in total. The van der Waals surface area contributed by atoms with Gasteiger partial charge in [-0.1, -0.05) is 24.3 Å². The average molecular weight is 436 g/mol. The van der Waals surface area contributed by atoms with Crippen molar-refractivity contribution in [3.05, 3.63) is 64.7 Å². The number of ether oxygens (including phenoxy) is 1. The number of benzene rings is 2. The minimum absolute atomic E-state index is 0.0177. The van der Waals surface area contributed by atoms with Crippen molar-refractivity contribution < 1.29 is 9.53 Å². The number of hydrogen-bond acceptors (Lipinski definition) is 4. The van der Waals surface area contributed by atoms with Crippen LogP contribution in [0.2, 0.25) is 0 Å². The molecule has 2 aliphatic heterocycles. The van der Waals surface area contributed by atoms with Gasteiger partial charge in [-0.3, -0.25) is 4.79 Å². The second-order valence-electron chi connectivity index (χ2n) is 9.36. The molecule has 2 N–H and O–H groups in total. The summed E-state index contributed by atoms with van der Waals surface area (Å²) < 4.78 is 6.15.